The fraction of sp³-hybridized carbons (Fsp3) is 0.278. The van der Waals surface area contributed by atoms with Crippen molar-refractivity contribution in [1.82, 2.24) is 9.62 Å². The summed E-state index contributed by atoms with van der Waals surface area (Å²) in [4.78, 5) is 9.84. The van der Waals surface area contributed by atoms with Crippen LogP contribution in [0.1, 0.15) is 12.0 Å². The molecule has 1 atom stereocenters. The van der Waals surface area contributed by atoms with Crippen LogP contribution in [0.4, 0.5) is 18.0 Å². The third kappa shape index (κ3) is 4.83. The van der Waals surface area contributed by atoms with E-state index in [1.807, 2.05) is 0 Å². The number of nitrogens with one attached hydrogen (secondary N) is 1. The number of hydrogen-bond acceptors (Lipinski definition) is 5. The Morgan fingerprint density at radius 2 is 1.68 bits per heavy atom. The van der Waals surface area contributed by atoms with Crippen LogP contribution in [0.15, 0.2) is 63.2 Å². The van der Waals surface area contributed by atoms with Crippen LogP contribution >= 0.6 is 0 Å². The van der Waals surface area contributed by atoms with Gasteiger partial charge in [0, 0.05) is 19.1 Å². The highest BCUT2D eigenvalue weighted by atomic mass is 32.2. The van der Waals surface area contributed by atoms with Crippen molar-refractivity contribution in [1.29, 1.82) is 0 Å². The molecule has 31 heavy (non-hydrogen) atoms. The summed E-state index contributed by atoms with van der Waals surface area (Å²) >= 11 is 0. The number of rotatable bonds is 5. The Morgan fingerprint density at radius 1 is 1.03 bits per heavy atom. The third-order valence-electron chi connectivity index (χ3n) is 4.69. The molecule has 0 aliphatic carbocycles. The van der Waals surface area contributed by atoms with Gasteiger partial charge in [0.15, 0.2) is 0 Å². The molecule has 3 rings (SSSR count). The summed E-state index contributed by atoms with van der Waals surface area (Å²) in [6.45, 7) is -0.227. The molecule has 2 aromatic carbocycles. The van der Waals surface area contributed by atoms with Crippen molar-refractivity contribution in [3.05, 3.63) is 54.1 Å². The second-order valence-corrected chi connectivity index (χ2v) is 10.4. The normalized spacial score (nSPS) is 17.6. The summed E-state index contributed by atoms with van der Waals surface area (Å²) in [6, 6.07) is 7.49. The van der Waals surface area contributed by atoms with E-state index in [1.54, 1.807) is 6.07 Å². The third-order valence-corrected chi connectivity index (χ3v) is 8.02. The lowest BCUT2D eigenvalue weighted by Crippen LogP contribution is -2.38. The number of sulfone groups is 1. The van der Waals surface area contributed by atoms with Crippen LogP contribution < -0.4 is 4.72 Å². The molecule has 0 aromatic heterocycles. The molecule has 0 radical (unpaired) electrons. The summed E-state index contributed by atoms with van der Waals surface area (Å²) in [6.07, 6.45) is -6.29. The molecule has 1 saturated heterocycles. The first-order valence-electron chi connectivity index (χ1n) is 8.84. The summed E-state index contributed by atoms with van der Waals surface area (Å²) in [5.41, 5.74) is -1.53. The lowest BCUT2D eigenvalue weighted by Gasteiger charge is -2.18. The first kappa shape index (κ1) is 23.0. The van der Waals surface area contributed by atoms with E-state index in [0.29, 0.717) is 18.2 Å². The Hall–Kier alpha value is -2.64. The highest BCUT2D eigenvalue weighted by Gasteiger charge is 2.39. The van der Waals surface area contributed by atoms with Gasteiger partial charge in [-0.1, -0.05) is 18.2 Å². The van der Waals surface area contributed by atoms with Crippen molar-refractivity contribution in [3.63, 3.8) is 0 Å². The molecule has 1 aliphatic heterocycles. The van der Waals surface area contributed by atoms with E-state index in [0.717, 1.165) is 4.90 Å². The van der Waals surface area contributed by atoms with Gasteiger partial charge in [-0.2, -0.15) is 13.2 Å². The molecule has 0 unspecified atom stereocenters. The maximum absolute atomic E-state index is 13.5. The number of hydrogen-bond donors (Lipinski definition) is 2. The molecule has 1 fully saturated rings. The molecular formula is C18H17F3N2O6S2. The summed E-state index contributed by atoms with van der Waals surface area (Å²) in [7, 11) is -9.10. The zero-order valence-corrected chi connectivity index (χ0v) is 17.3. The monoisotopic (exact) mass is 478 g/mol. The average molecular weight is 478 g/mol. The Morgan fingerprint density at radius 3 is 2.23 bits per heavy atom. The van der Waals surface area contributed by atoms with Gasteiger partial charge in [0.05, 0.1) is 20.2 Å². The Bertz CT molecular complexity index is 1200. The van der Waals surface area contributed by atoms with E-state index in [1.165, 1.54) is 24.3 Å². The minimum absolute atomic E-state index is 0.0110. The minimum atomic E-state index is -5.07. The standard InChI is InChI=1S/C18H17F3N2O6S2/c19-18(20,21)15-7-6-14(30(26,27)13-4-2-1-3-5-13)10-16(15)31(28,29)22-12-8-9-23(11-12)17(24)25/h1-7,10,12,22H,8-9,11H2,(H,24,25)/t12-/m1/s1. The highest BCUT2D eigenvalue weighted by molar-refractivity contribution is 7.91. The van der Waals surface area contributed by atoms with Crippen molar-refractivity contribution in [2.75, 3.05) is 13.1 Å². The fourth-order valence-electron chi connectivity index (χ4n) is 3.18. The van der Waals surface area contributed by atoms with Crippen LogP contribution in [-0.2, 0) is 26.0 Å². The zero-order valence-electron chi connectivity index (χ0n) is 15.7. The van der Waals surface area contributed by atoms with Gasteiger partial charge >= 0.3 is 12.3 Å². The molecule has 1 heterocycles. The number of halogens is 3. The van der Waals surface area contributed by atoms with Crippen LogP contribution in [0, 0.1) is 0 Å². The SMILES string of the molecule is O=C(O)N1CC[C@@H](NS(=O)(=O)c2cc(S(=O)(=O)c3ccccc3)ccc2C(F)(F)F)C1. The summed E-state index contributed by atoms with van der Waals surface area (Å²) < 4.78 is 93.6. The van der Waals surface area contributed by atoms with Gasteiger partial charge in [-0.25, -0.2) is 26.4 Å². The minimum Gasteiger partial charge on any atom is -0.465 e. The van der Waals surface area contributed by atoms with Crippen LogP contribution in [0.2, 0.25) is 0 Å². The summed E-state index contributed by atoms with van der Waals surface area (Å²) in [5.74, 6) is 0. The topological polar surface area (TPSA) is 121 Å². The molecule has 8 nitrogen and oxygen atoms in total. The number of carboxylic acid groups (broad SMARTS) is 1. The van der Waals surface area contributed by atoms with Crippen molar-refractivity contribution in [2.24, 2.45) is 0 Å². The van der Waals surface area contributed by atoms with Gasteiger partial charge in [0.1, 0.15) is 0 Å². The maximum atomic E-state index is 13.5. The van der Waals surface area contributed by atoms with Crippen LogP contribution in [0.5, 0.6) is 0 Å². The van der Waals surface area contributed by atoms with Gasteiger partial charge in [-0.3, -0.25) is 0 Å². The van der Waals surface area contributed by atoms with E-state index in [4.69, 9.17) is 5.11 Å². The molecule has 0 bridgehead atoms. The first-order valence-corrected chi connectivity index (χ1v) is 11.8. The lowest BCUT2D eigenvalue weighted by atomic mass is 10.2. The number of likely N-dealkylation sites (tertiary alicyclic amines) is 1. The zero-order chi connectivity index (χ0) is 23.0. The lowest BCUT2D eigenvalue weighted by molar-refractivity contribution is -0.139. The predicted octanol–water partition coefficient (Wildman–Crippen LogP) is 2.57. The smallest absolute Gasteiger partial charge is 0.417 e. The van der Waals surface area contributed by atoms with Crippen molar-refractivity contribution >= 4 is 26.0 Å². The average Bonchev–Trinajstić information content (AvgIpc) is 3.15. The number of carbonyl (C=O) groups is 1. The van der Waals surface area contributed by atoms with Gasteiger partial charge in [0.2, 0.25) is 19.9 Å². The van der Waals surface area contributed by atoms with E-state index in [2.05, 4.69) is 4.72 Å². The maximum Gasteiger partial charge on any atom is 0.417 e. The van der Waals surface area contributed by atoms with Gasteiger partial charge in [-0.05, 0) is 36.8 Å². The molecule has 2 N–H and O–H groups in total. The predicted molar refractivity (Wildman–Crippen MR) is 102 cm³/mol. The highest BCUT2D eigenvalue weighted by Crippen LogP contribution is 2.36. The number of nitrogens with zero attached hydrogens (tertiary/aromatic N) is 1. The molecule has 1 amide bonds. The molecule has 168 valence electrons. The Balaban J connectivity index is 2.05. The largest absolute Gasteiger partial charge is 0.465 e. The van der Waals surface area contributed by atoms with Gasteiger partial charge < -0.3 is 10.0 Å². The van der Waals surface area contributed by atoms with Crippen LogP contribution in [0.3, 0.4) is 0 Å². The molecular weight excluding hydrogens is 461 g/mol. The quantitative estimate of drug-likeness (QED) is 0.682. The van der Waals surface area contributed by atoms with Crippen molar-refractivity contribution in [3.8, 4) is 0 Å². The van der Waals surface area contributed by atoms with Gasteiger partial charge in [-0.15, -0.1) is 0 Å². The first-order chi connectivity index (χ1) is 14.3. The number of sulfonamides is 1. The van der Waals surface area contributed by atoms with E-state index in [-0.39, 0.29) is 24.4 Å². The molecule has 0 spiro atoms. The van der Waals surface area contributed by atoms with Crippen molar-refractivity contribution in [2.45, 2.75) is 33.3 Å². The van der Waals surface area contributed by atoms with Gasteiger partial charge in [0.25, 0.3) is 0 Å². The van der Waals surface area contributed by atoms with Crippen LogP contribution in [0.25, 0.3) is 0 Å². The molecule has 0 saturated carbocycles. The summed E-state index contributed by atoms with van der Waals surface area (Å²) in [5, 5.41) is 8.96. The molecule has 13 heteroatoms. The van der Waals surface area contributed by atoms with E-state index < -0.39 is 53.5 Å². The van der Waals surface area contributed by atoms with E-state index in [9.17, 15) is 34.8 Å². The number of benzene rings is 2. The molecule has 2 aromatic rings. The number of amides is 1. The Kier molecular flexibility index (Phi) is 6.04. The van der Waals surface area contributed by atoms with Crippen LogP contribution in [-0.4, -0.2) is 52.1 Å². The van der Waals surface area contributed by atoms with E-state index >= 15 is 0 Å². The molecule has 1 aliphatic rings. The Labute approximate surface area is 176 Å². The van der Waals surface area contributed by atoms with Crippen molar-refractivity contribution < 1.29 is 39.9 Å². The second-order valence-electron chi connectivity index (χ2n) is 6.81. The fourth-order valence-corrected chi connectivity index (χ4v) is 6.07. The second kappa shape index (κ2) is 8.13. The number of alkyl halides is 3.